The van der Waals surface area contributed by atoms with Gasteiger partial charge in [-0.15, -0.1) is 0 Å². The Kier molecular flexibility index (Phi) is 4.10. The maximum absolute atomic E-state index is 12.3. The molecule has 8 nitrogen and oxygen atoms in total. The summed E-state index contributed by atoms with van der Waals surface area (Å²) in [7, 11) is 0. The third-order valence-corrected chi connectivity index (χ3v) is 5.45. The normalized spacial score (nSPS) is 30.6. The van der Waals surface area contributed by atoms with Gasteiger partial charge in [-0.1, -0.05) is 18.2 Å². The zero-order chi connectivity index (χ0) is 18.3. The zero-order valence-electron chi connectivity index (χ0n) is 13.8. The number of benzene rings is 1. The predicted octanol–water partition coefficient (Wildman–Crippen LogP) is 0.188. The molecule has 2 aliphatic carbocycles. The van der Waals surface area contributed by atoms with Gasteiger partial charge in [0.2, 0.25) is 0 Å². The van der Waals surface area contributed by atoms with E-state index in [0.717, 1.165) is 6.42 Å². The fraction of sp³-hybridized carbons (Fsp3) is 0.444. The smallest absolute Gasteiger partial charge is 0.310 e. The highest BCUT2D eigenvalue weighted by molar-refractivity contribution is 5.95. The van der Waals surface area contributed by atoms with Crippen LogP contribution in [0.1, 0.15) is 23.2 Å². The Balaban J connectivity index is 1.25. The van der Waals surface area contributed by atoms with Crippen LogP contribution in [0.15, 0.2) is 30.3 Å². The van der Waals surface area contributed by atoms with E-state index in [4.69, 9.17) is 9.47 Å². The molecule has 2 saturated carbocycles. The van der Waals surface area contributed by atoms with Crippen LogP contribution < -0.4 is 10.9 Å². The first-order chi connectivity index (χ1) is 12.5. The molecule has 1 heterocycles. The first-order valence-electron chi connectivity index (χ1n) is 8.56. The quantitative estimate of drug-likeness (QED) is 0.587. The molecule has 5 atom stereocenters. The van der Waals surface area contributed by atoms with E-state index in [9.17, 15) is 19.2 Å². The van der Waals surface area contributed by atoms with Crippen molar-refractivity contribution in [3.63, 3.8) is 0 Å². The summed E-state index contributed by atoms with van der Waals surface area (Å²) in [6.07, 6.45) is 1.42. The standard InChI is InChI=1S/C18H18N2O6/c21-13(19-20-16(22)9-4-2-1-3-5-9)8-25-17(23)14-10-6-11-12(7-10)26-18(24)15(11)14/h1-5,10-12,14-15H,6-8H2,(H,19,21)(H,20,22)/t10-,11+,12-,14-,15-/m1/s1. The third-order valence-electron chi connectivity index (χ3n) is 5.45. The second-order valence-corrected chi connectivity index (χ2v) is 6.90. The van der Waals surface area contributed by atoms with Gasteiger partial charge in [0, 0.05) is 11.5 Å². The van der Waals surface area contributed by atoms with Gasteiger partial charge in [0.15, 0.2) is 6.61 Å². The molecule has 1 aliphatic heterocycles. The molecule has 2 N–H and O–H groups in total. The minimum absolute atomic E-state index is 0.0574. The minimum Gasteiger partial charge on any atom is -0.462 e. The van der Waals surface area contributed by atoms with E-state index in [1.54, 1.807) is 30.3 Å². The van der Waals surface area contributed by atoms with Crippen molar-refractivity contribution in [2.75, 3.05) is 6.61 Å². The Morgan fingerprint density at radius 1 is 1.12 bits per heavy atom. The molecule has 8 heteroatoms. The Morgan fingerprint density at radius 2 is 1.88 bits per heavy atom. The SMILES string of the molecule is O=C(COC(=O)[C@@H]1[C@@H]2C[C@@H]3[C@H]1C(=O)O[C@@H]3C2)NNC(=O)c1ccccc1. The van der Waals surface area contributed by atoms with Crippen LogP contribution in [-0.4, -0.2) is 36.5 Å². The number of hydrogen-bond donors (Lipinski definition) is 2. The molecule has 0 spiro atoms. The van der Waals surface area contributed by atoms with Gasteiger partial charge in [-0.25, -0.2) is 0 Å². The second-order valence-electron chi connectivity index (χ2n) is 6.90. The number of amides is 2. The second kappa shape index (κ2) is 6.44. The number of nitrogens with one attached hydrogen (secondary N) is 2. The van der Waals surface area contributed by atoms with Crippen LogP contribution in [0.5, 0.6) is 0 Å². The fourth-order valence-electron chi connectivity index (χ4n) is 4.38. The number of hydrogen-bond acceptors (Lipinski definition) is 6. The number of rotatable bonds is 4. The summed E-state index contributed by atoms with van der Waals surface area (Å²) >= 11 is 0. The molecule has 1 saturated heterocycles. The molecule has 1 aromatic carbocycles. The highest BCUT2D eigenvalue weighted by Gasteiger charge is 2.64. The molecular weight excluding hydrogens is 340 g/mol. The van der Waals surface area contributed by atoms with Gasteiger partial charge in [-0.05, 0) is 30.9 Å². The van der Waals surface area contributed by atoms with Gasteiger partial charge in [0.05, 0.1) is 11.8 Å². The average Bonchev–Trinajstić information content (AvgIpc) is 3.27. The topological polar surface area (TPSA) is 111 Å². The molecule has 136 valence electrons. The van der Waals surface area contributed by atoms with Gasteiger partial charge in [0.1, 0.15) is 6.10 Å². The monoisotopic (exact) mass is 358 g/mol. The van der Waals surface area contributed by atoms with Crippen molar-refractivity contribution in [2.24, 2.45) is 23.7 Å². The van der Waals surface area contributed by atoms with Gasteiger partial charge in [-0.2, -0.15) is 0 Å². The van der Waals surface area contributed by atoms with E-state index in [-0.39, 0.29) is 23.9 Å². The number of ether oxygens (including phenoxy) is 2. The Bertz CT molecular complexity index is 762. The third kappa shape index (κ3) is 2.81. The van der Waals surface area contributed by atoms with Crippen molar-refractivity contribution in [3.05, 3.63) is 35.9 Å². The summed E-state index contributed by atoms with van der Waals surface area (Å²) in [5.74, 6) is -2.80. The molecule has 0 unspecified atom stereocenters. The maximum atomic E-state index is 12.3. The van der Waals surface area contributed by atoms with Crippen LogP contribution in [0.2, 0.25) is 0 Å². The van der Waals surface area contributed by atoms with Crippen LogP contribution in [0.3, 0.4) is 0 Å². The van der Waals surface area contributed by atoms with Crippen LogP contribution in [0.25, 0.3) is 0 Å². The molecule has 0 radical (unpaired) electrons. The van der Waals surface area contributed by atoms with E-state index in [1.807, 2.05) is 0 Å². The lowest BCUT2D eigenvalue weighted by molar-refractivity contribution is -0.158. The lowest BCUT2D eigenvalue weighted by atomic mass is 9.80. The van der Waals surface area contributed by atoms with E-state index >= 15 is 0 Å². The van der Waals surface area contributed by atoms with Crippen LogP contribution in [0.4, 0.5) is 0 Å². The highest BCUT2D eigenvalue weighted by Crippen LogP contribution is 2.57. The van der Waals surface area contributed by atoms with Gasteiger partial charge >= 0.3 is 11.9 Å². The lowest BCUT2D eigenvalue weighted by Gasteiger charge is -2.22. The van der Waals surface area contributed by atoms with Crippen molar-refractivity contribution < 1.29 is 28.7 Å². The summed E-state index contributed by atoms with van der Waals surface area (Å²) in [6, 6.07) is 8.38. The zero-order valence-corrected chi connectivity index (χ0v) is 13.8. The van der Waals surface area contributed by atoms with Crippen molar-refractivity contribution in [3.8, 4) is 0 Å². The van der Waals surface area contributed by atoms with Crippen LogP contribution in [-0.2, 0) is 23.9 Å². The molecule has 4 rings (SSSR count). The fourth-order valence-corrected chi connectivity index (χ4v) is 4.38. The van der Waals surface area contributed by atoms with E-state index in [2.05, 4.69) is 10.9 Å². The number of esters is 2. The Morgan fingerprint density at radius 3 is 2.65 bits per heavy atom. The summed E-state index contributed by atoms with van der Waals surface area (Å²) in [4.78, 5) is 47.8. The first kappa shape index (κ1) is 16.6. The molecule has 1 aromatic rings. The molecule has 2 amide bonds. The van der Waals surface area contributed by atoms with Gasteiger partial charge in [-0.3, -0.25) is 30.0 Å². The van der Waals surface area contributed by atoms with Crippen molar-refractivity contribution in [1.82, 2.24) is 10.9 Å². The summed E-state index contributed by atoms with van der Waals surface area (Å²) in [5.41, 5.74) is 4.83. The number of carbonyl (C=O) groups is 4. The lowest BCUT2D eigenvalue weighted by Crippen LogP contribution is -2.44. The summed E-state index contributed by atoms with van der Waals surface area (Å²) in [5, 5.41) is 0. The highest BCUT2D eigenvalue weighted by atomic mass is 16.6. The number of fused-ring (bicyclic) bond motifs is 1. The molecule has 26 heavy (non-hydrogen) atoms. The van der Waals surface area contributed by atoms with Gasteiger partial charge < -0.3 is 9.47 Å². The summed E-state index contributed by atoms with van der Waals surface area (Å²) in [6.45, 7) is -0.521. The molecular formula is C18H18N2O6. The summed E-state index contributed by atoms with van der Waals surface area (Å²) < 4.78 is 10.3. The molecule has 3 fully saturated rings. The maximum Gasteiger partial charge on any atom is 0.310 e. The molecule has 2 bridgehead atoms. The first-order valence-corrected chi connectivity index (χ1v) is 8.56. The minimum atomic E-state index is -0.655. The predicted molar refractivity (Wildman–Crippen MR) is 86.1 cm³/mol. The van der Waals surface area contributed by atoms with Crippen LogP contribution >= 0.6 is 0 Å². The molecule has 3 aliphatic rings. The average molecular weight is 358 g/mol. The van der Waals surface area contributed by atoms with Gasteiger partial charge in [0.25, 0.3) is 11.8 Å². The van der Waals surface area contributed by atoms with Crippen molar-refractivity contribution in [2.45, 2.75) is 18.9 Å². The Labute approximate surface area is 149 Å². The van der Waals surface area contributed by atoms with Crippen LogP contribution in [0, 0.1) is 23.7 Å². The van der Waals surface area contributed by atoms with E-state index in [0.29, 0.717) is 12.0 Å². The van der Waals surface area contributed by atoms with Crippen molar-refractivity contribution in [1.29, 1.82) is 0 Å². The van der Waals surface area contributed by atoms with E-state index < -0.39 is 36.2 Å². The molecule has 0 aromatic heterocycles. The number of carbonyl (C=O) groups excluding carboxylic acids is 4. The van der Waals surface area contributed by atoms with Crippen molar-refractivity contribution >= 4 is 23.8 Å². The Hall–Kier alpha value is -2.90. The largest absolute Gasteiger partial charge is 0.462 e. The van der Waals surface area contributed by atoms with E-state index in [1.165, 1.54) is 0 Å². The number of hydrazine groups is 1.